The lowest BCUT2D eigenvalue weighted by Crippen LogP contribution is -2.24. The Bertz CT molecular complexity index is 352. The number of hydrogen-bond acceptors (Lipinski definition) is 4. The highest BCUT2D eigenvalue weighted by Gasteiger charge is 2.13. The lowest BCUT2D eigenvalue weighted by Gasteiger charge is -2.21. The van der Waals surface area contributed by atoms with E-state index in [1.807, 2.05) is 30.1 Å². The third kappa shape index (κ3) is 2.97. The maximum Gasteiger partial charge on any atom is 0.339 e. The smallest absolute Gasteiger partial charge is 0.339 e. The minimum atomic E-state index is -0.320. The predicted octanol–water partition coefficient (Wildman–Crippen LogP) is 1.56. The van der Waals surface area contributed by atoms with Gasteiger partial charge in [0.2, 0.25) is 0 Å². The molecule has 1 aromatic carbocycles. The molecule has 4 heteroatoms. The van der Waals surface area contributed by atoms with E-state index in [1.54, 1.807) is 13.2 Å². The van der Waals surface area contributed by atoms with E-state index >= 15 is 0 Å². The van der Waals surface area contributed by atoms with Crippen molar-refractivity contribution in [1.82, 2.24) is 0 Å². The normalized spacial score (nSPS) is 9.94. The summed E-state index contributed by atoms with van der Waals surface area (Å²) in [5.41, 5.74) is 1.43. The monoisotopic (exact) mass is 223 g/mol. The number of ether oxygens (including phenoxy) is 2. The second-order valence-electron chi connectivity index (χ2n) is 3.42. The minimum absolute atomic E-state index is 0.320. The summed E-state index contributed by atoms with van der Waals surface area (Å²) in [5.74, 6) is -0.320. The summed E-state index contributed by atoms with van der Waals surface area (Å²) < 4.78 is 9.74. The van der Waals surface area contributed by atoms with Gasteiger partial charge in [0, 0.05) is 20.7 Å². The van der Waals surface area contributed by atoms with Gasteiger partial charge in [-0.2, -0.15) is 0 Å². The summed E-state index contributed by atoms with van der Waals surface area (Å²) in [4.78, 5) is 13.5. The zero-order chi connectivity index (χ0) is 12.0. The van der Waals surface area contributed by atoms with E-state index < -0.39 is 0 Å². The molecule has 0 heterocycles. The number of methoxy groups -OCH3 is 2. The van der Waals surface area contributed by atoms with Gasteiger partial charge in [-0.05, 0) is 12.1 Å². The number of carbonyl (C=O) groups excluding carboxylic acids is 1. The lowest BCUT2D eigenvalue weighted by atomic mass is 10.1. The average Bonchev–Trinajstić information content (AvgIpc) is 2.35. The standard InChI is InChI=1S/C12H17NO3/c1-13(8-9-15-2)11-7-5-4-6-10(11)12(14)16-3/h4-7H,8-9H2,1-3H3. The van der Waals surface area contributed by atoms with E-state index in [0.717, 1.165) is 12.2 Å². The summed E-state index contributed by atoms with van der Waals surface area (Å²) in [7, 11) is 4.95. The predicted molar refractivity (Wildman–Crippen MR) is 62.9 cm³/mol. The molecule has 1 aromatic rings. The van der Waals surface area contributed by atoms with Crippen LogP contribution in [-0.4, -0.2) is 40.4 Å². The third-order valence-electron chi connectivity index (χ3n) is 2.35. The zero-order valence-corrected chi connectivity index (χ0v) is 9.90. The van der Waals surface area contributed by atoms with Crippen molar-refractivity contribution in [2.75, 3.05) is 39.3 Å². The second kappa shape index (κ2) is 6.12. The highest BCUT2D eigenvalue weighted by atomic mass is 16.5. The Labute approximate surface area is 95.8 Å². The van der Waals surface area contributed by atoms with Gasteiger partial charge in [0.25, 0.3) is 0 Å². The van der Waals surface area contributed by atoms with Crippen LogP contribution < -0.4 is 4.90 Å². The Morgan fingerprint density at radius 3 is 2.62 bits per heavy atom. The first kappa shape index (κ1) is 12.5. The molecule has 0 unspecified atom stereocenters. The van der Waals surface area contributed by atoms with Crippen LogP contribution in [0, 0.1) is 0 Å². The number of benzene rings is 1. The molecule has 0 spiro atoms. The molecule has 1 rings (SSSR count). The first-order valence-electron chi connectivity index (χ1n) is 5.08. The fourth-order valence-corrected chi connectivity index (χ4v) is 1.44. The van der Waals surface area contributed by atoms with Crippen LogP contribution in [0.5, 0.6) is 0 Å². The van der Waals surface area contributed by atoms with Crippen molar-refractivity contribution in [1.29, 1.82) is 0 Å². The Hall–Kier alpha value is -1.55. The molecular formula is C12H17NO3. The van der Waals surface area contributed by atoms with Crippen molar-refractivity contribution in [2.24, 2.45) is 0 Å². The fraction of sp³-hybridized carbons (Fsp3) is 0.417. The Morgan fingerprint density at radius 2 is 2.00 bits per heavy atom. The molecule has 0 aliphatic carbocycles. The van der Waals surface area contributed by atoms with Gasteiger partial charge in [0.1, 0.15) is 0 Å². The molecule has 16 heavy (non-hydrogen) atoms. The first-order valence-corrected chi connectivity index (χ1v) is 5.08. The van der Waals surface area contributed by atoms with Crippen molar-refractivity contribution in [2.45, 2.75) is 0 Å². The van der Waals surface area contributed by atoms with E-state index in [9.17, 15) is 4.79 Å². The van der Waals surface area contributed by atoms with E-state index in [1.165, 1.54) is 7.11 Å². The number of nitrogens with zero attached hydrogens (tertiary/aromatic N) is 1. The van der Waals surface area contributed by atoms with Gasteiger partial charge in [0.15, 0.2) is 0 Å². The average molecular weight is 223 g/mol. The van der Waals surface area contributed by atoms with E-state index in [4.69, 9.17) is 9.47 Å². The van der Waals surface area contributed by atoms with E-state index in [0.29, 0.717) is 12.2 Å². The molecule has 4 nitrogen and oxygen atoms in total. The lowest BCUT2D eigenvalue weighted by molar-refractivity contribution is 0.0601. The van der Waals surface area contributed by atoms with Crippen molar-refractivity contribution in [3.05, 3.63) is 29.8 Å². The molecule has 0 amide bonds. The first-order chi connectivity index (χ1) is 7.70. The van der Waals surface area contributed by atoms with Crippen LogP contribution >= 0.6 is 0 Å². The topological polar surface area (TPSA) is 38.8 Å². The molecule has 0 bridgehead atoms. The van der Waals surface area contributed by atoms with Gasteiger partial charge in [-0.25, -0.2) is 4.79 Å². The highest BCUT2D eigenvalue weighted by molar-refractivity contribution is 5.95. The number of esters is 1. The van der Waals surface area contributed by atoms with Crippen molar-refractivity contribution < 1.29 is 14.3 Å². The third-order valence-corrected chi connectivity index (χ3v) is 2.35. The molecule has 0 N–H and O–H groups in total. The summed E-state index contributed by atoms with van der Waals surface area (Å²) in [6, 6.07) is 7.36. The molecule has 0 aromatic heterocycles. The zero-order valence-electron chi connectivity index (χ0n) is 9.90. The van der Waals surface area contributed by atoms with Gasteiger partial charge >= 0.3 is 5.97 Å². The maximum atomic E-state index is 11.5. The van der Waals surface area contributed by atoms with Gasteiger partial charge in [-0.1, -0.05) is 12.1 Å². The Balaban J connectivity index is 2.89. The number of rotatable bonds is 5. The van der Waals surface area contributed by atoms with Crippen molar-refractivity contribution in [3.63, 3.8) is 0 Å². The van der Waals surface area contributed by atoms with Gasteiger partial charge in [-0.3, -0.25) is 0 Å². The van der Waals surface area contributed by atoms with Crippen molar-refractivity contribution >= 4 is 11.7 Å². The summed E-state index contributed by atoms with van der Waals surface area (Å²) in [5, 5.41) is 0. The maximum absolute atomic E-state index is 11.5. The summed E-state index contributed by atoms with van der Waals surface area (Å²) in [6.45, 7) is 1.34. The molecular weight excluding hydrogens is 206 g/mol. The van der Waals surface area contributed by atoms with Crippen LogP contribution in [0.25, 0.3) is 0 Å². The summed E-state index contributed by atoms with van der Waals surface area (Å²) >= 11 is 0. The second-order valence-corrected chi connectivity index (χ2v) is 3.42. The van der Waals surface area contributed by atoms with Crippen LogP contribution in [0.1, 0.15) is 10.4 Å². The van der Waals surface area contributed by atoms with Crippen LogP contribution in [-0.2, 0) is 9.47 Å². The highest BCUT2D eigenvalue weighted by Crippen LogP contribution is 2.19. The molecule has 0 aliphatic rings. The van der Waals surface area contributed by atoms with Gasteiger partial charge in [0.05, 0.1) is 25.0 Å². The summed E-state index contributed by atoms with van der Waals surface area (Å²) in [6.07, 6.45) is 0. The molecule has 0 saturated carbocycles. The molecule has 0 atom stereocenters. The number of para-hydroxylation sites is 1. The SMILES string of the molecule is COCCN(C)c1ccccc1C(=O)OC. The van der Waals surface area contributed by atoms with Gasteiger partial charge < -0.3 is 14.4 Å². The molecule has 0 fully saturated rings. The molecule has 88 valence electrons. The van der Waals surface area contributed by atoms with Crippen LogP contribution in [0.3, 0.4) is 0 Å². The van der Waals surface area contributed by atoms with Crippen LogP contribution in [0.2, 0.25) is 0 Å². The van der Waals surface area contributed by atoms with E-state index in [-0.39, 0.29) is 5.97 Å². The Morgan fingerprint density at radius 1 is 1.31 bits per heavy atom. The van der Waals surface area contributed by atoms with E-state index in [2.05, 4.69) is 0 Å². The van der Waals surface area contributed by atoms with Gasteiger partial charge in [-0.15, -0.1) is 0 Å². The number of likely N-dealkylation sites (N-methyl/N-ethyl adjacent to an activating group) is 1. The quantitative estimate of drug-likeness (QED) is 0.710. The van der Waals surface area contributed by atoms with Crippen molar-refractivity contribution in [3.8, 4) is 0 Å². The number of anilines is 1. The number of carbonyl (C=O) groups is 1. The fourth-order valence-electron chi connectivity index (χ4n) is 1.44. The number of hydrogen-bond donors (Lipinski definition) is 0. The Kier molecular flexibility index (Phi) is 4.79. The minimum Gasteiger partial charge on any atom is -0.465 e. The van der Waals surface area contributed by atoms with Crippen LogP contribution in [0.15, 0.2) is 24.3 Å². The molecule has 0 aliphatic heterocycles. The largest absolute Gasteiger partial charge is 0.465 e. The molecule has 0 radical (unpaired) electrons. The molecule has 0 saturated heterocycles. The van der Waals surface area contributed by atoms with Crippen LogP contribution in [0.4, 0.5) is 5.69 Å².